The summed E-state index contributed by atoms with van der Waals surface area (Å²) in [6.45, 7) is 0. The highest BCUT2D eigenvalue weighted by Gasteiger charge is 2.12. The van der Waals surface area contributed by atoms with Gasteiger partial charge in [0, 0.05) is 0 Å². The maximum atomic E-state index is 10.5. The van der Waals surface area contributed by atoms with E-state index in [4.69, 9.17) is 0 Å². The van der Waals surface area contributed by atoms with Crippen LogP contribution in [0.5, 0.6) is 17.2 Å². The van der Waals surface area contributed by atoms with Gasteiger partial charge in [0.1, 0.15) is 5.75 Å². The van der Waals surface area contributed by atoms with Crippen molar-refractivity contribution in [1.29, 1.82) is 0 Å². The van der Waals surface area contributed by atoms with Crippen LogP contribution in [0.1, 0.15) is 0 Å². The van der Waals surface area contributed by atoms with E-state index >= 15 is 0 Å². The van der Waals surface area contributed by atoms with E-state index in [1.165, 1.54) is 12.1 Å². The summed E-state index contributed by atoms with van der Waals surface area (Å²) >= 11 is 0. The lowest BCUT2D eigenvalue weighted by Crippen LogP contribution is -1.92. The first-order chi connectivity index (χ1) is 7.59. The Morgan fingerprint density at radius 3 is 2.44 bits per heavy atom. The Balaban J connectivity index is 2.82. The van der Waals surface area contributed by atoms with E-state index in [1.54, 1.807) is 18.2 Å². The number of fused-ring (bicyclic) bond motifs is 1. The van der Waals surface area contributed by atoms with Crippen LogP contribution in [0.2, 0.25) is 0 Å². The van der Waals surface area contributed by atoms with Crippen LogP contribution in [0.4, 0.5) is 0 Å². The molecule has 0 aromatic heterocycles. The van der Waals surface area contributed by atoms with Crippen molar-refractivity contribution in [2.75, 3.05) is 0 Å². The summed E-state index contributed by atoms with van der Waals surface area (Å²) in [4.78, 5) is 0. The average molecular weight is 240 g/mol. The number of benzene rings is 2. The molecular weight excluding hydrogens is 232 g/mol. The zero-order valence-electron chi connectivity index (χ0n) is 7.95. The Kier molecular flexibility index (Phi) is 2.57. The van der Waals surface area contributed by atoms with E-state index in [0.29, 0.717) is 5.39 Å². The Morgan fingerprint density at radius 1 is 1.00 bits per heavy atom. The molecule has 0 amide bonds. The number of thiol groups is 1. The molecule has 0 unspecified atom stereocenters. The number of hydrogen-bond donors (Lipinski definition) is 3. The van der Waals surface area contributed by atoms with E-state index in [-0.39, 0.29) is 22.6 Å². The standard InChI is InChI=1S/C10H8O5S/c11-7-3-1-2-6-4-5-8(12)10(9(6)7)15-16(13)14/h1-5,11-12,16H. The third kappa shape index (κ3) is 1.74. The van der Waals surface area contributed by atoms with Crippen molar-refractivity contribution in [3.63, 3.8) is 0 Å². The van der Waals surface area contributed by atoms with Gasteiger partial charge in [-0.25, -0.2) is 0 Å². The normalized spacial score (nSPS) is 10.8. The molecule has 0 saturated carbocycles. The third-order valence-electron chi connectivity index (χ3n) is 2.12. The van der Waals surface area contributed by atoms with Gasteiger partial charge in [-0.1, -0.05) is 18.2 Å². The minimum atomic E-state index is -3.15. The maximum Gasteiger partial charge on any atom is 0.299 e. The van der Waals surface area contributed by atoms with E-state index in [1.807, 2.05) is 0 Å². The lowest BCUT2D eigenvalue weighted by molar-refractivity contribution is 0.436. The second kappa shape index (κ2) is 3.90. The molecule has 0 fully saturated rings. The minimum absolute atomic E-state index is 0.153. The van der Waals surface area contributed by atoms with Crippen LogP contribution in [0, 0.1) is 0 Å². The van der Waals surface area contributed by atoms with Crippen molar-refractivity contribution in [2.45, 2.75) is 0 Å². The topological polar surface area (TPSA) is 83.8 Å². The quantitative estimate of drug-likeness (QED) is 0.686. The van der Waals surface area contributed by atoms with Crippen LogP contribution >= 0.6 is 0 Å². The molecule has 6 heteroatoms. The van der Waals surface area contributed by atoms with Gasteiger partial charge in [0.15, 0.2) is 11.5 Å². The molecule has 0 spiro atoms. The zero-order chi connectivity index (χ0) is 11.7. The van der Waals surface area contributed by atoms with E-state index in [0.717, 1.165) is 0 Å². The summed E-state index contributed by atoms with van der Waals surface area (Å²) in [5.41, 5.74) is 0. The van der Waals surface area contributed by atoms with Crippen molar-refractivity contribution in [3.05, 3.63) is 30.3 Å². The first kappa shape index (κ1) is 10.6. The molecule has 0 atom stereocenters. The van der Waals surface area contributed by atoms with Crippen molar-refractivity contribution >= 4 is 21.8 Å². The molecule has 2 aromatic rings. The van der Waals surface area contributed by atoms with Crippen LogP contribution in [0.15, 0.2) is 30.3 Å². The summed E-state index contributed by atoms with van der Waals surface area (Å²) in [6.07, 6.45) is 0. The van der Waals surface area contributed by atoms with Crippen molar-refractivity contribution < 1.29 is 22.8 Å². The smallest absolute Gasteiger partial charge is 0.299 e. The average Bonchev–Trinajstić information content (AvgIpc) is 2.22. The lowest BCUT2D eigenvalue weighted by atomic mass is 10.1. The highest BCUT2D eigenvalue weighted by Crippen LogP contribution is 2.39. The molecule has 2 N–H and O–H groups in total. The van der Waals surface area contributed by atoms with Crippen molar-refractivity contribution in [3.8, 4) is 17.2 Å². The molecule has 0 aliphatic carbocycles. The van der Waals surface area contributed by atoms with Gasteiger partial charge in [0.25, 0.3) is 11.0 Å². The van der Waals surface area contributed by atoms with Gasteiger partial charge in [-0.3, -0.25) is 0 Å². The molecule has 5 nitrogen and oxygen atoms in total. The molecule has 0 aliphatic rings. The van der Waals surface area contributed by atoms with Crippen molar-refractivity contribution in [1.82, 2.24) is 0 Å². The third-order valence-corrected chi connectivity index (χ3v) is 2.45. The second-order valence-electron chi connectivity index (χ2n) is 3.10. The molecule has 2 aromatic carbocycles. The van der Waals surface area contributed by atoms with Crippen LogP contribution in [-0.4, -0.2) is 18.6 Å². The van der Waals surface area contributed by atoms with E-state index in [9.17, 15) is 18.6 Å². The van der Waals surface area contributed by atoms with Gasteiger partial charge in [-0.05, 0) is 17.5 Å². The van der Waals surface area contributed by atoms with E-state index < -0.39 is 11.0 Å². The fourth-order valence-corrected chi connectivity index (χ4v) is 1.82. The van der Waals surface area contributed by atoms with Gasteiger partial charge in [-0.15, -0.1) is 0 Å². The number of aromatic hydroxyl groups is 2. The Labute approximate surface area is 92.7 Å². The van der Waals surface area contributed by atoms with Crippen molar-refractivity contribution in [2.24, 2.45) is 0 Å². The second-order valence-corrected chi connectivity index (χ2v) is 3.73. The zero-order valence-corrected chi connectivity index (χ0v) is 8.85. The fraction of sp³-hybridized carbons (Fsp3) is 0. The molecule has 0 heterocycles. The predicted molar refractivity (Wildman–Crippen MR) is 58.2 cm³/mol. The fourth-order valence-electron chi connectivity index (χ4n) is 1.48. The number of phenols is 2. The number of phenolic OH excluding ortho intramolecular Hbond substituents is 2. The molecular formula is C10H8O5S. The molecule has 16 heavy (non-hydrogen) atoms. The first-order valence-corrected chi connectivity index (χ1v) is 5.45. The highest BCUT2D eigenvalue weighted by atomic mass is 32.2. The van der Waals surface area contributed by atoms with Gasteiger partial charge < -0.3 is 14.4 Å². The molecule has 0 radical (unpaired) electrons. The summed E-state index contributed by atoms with van der Waals surface area (Å²) in [7, 11) is -3.15. The van der Waals surface area contributed by atoms with Crippen LogP contribution in [0.25, 0.3) is 10.8 Å². The molecule has 84 valence electrons. The summed E-state index contributed by atoms with van der Waals surface area (Å²) in [5, 5.41) is 19.8. The van der Waals surface area contributed by atoms with Crippen LogP contribution in [0.3, 0.4) is 0 Å². The number of hydrogen-bond acceptors (Lipinski definition) is 5. The SMILES string of the molecule is O=[SH](=O)Oc1c(O)ccc2cccc(O)c12. The van der Waals surface area contributed by atoms with E-state index in [2.05, 4.69) is 4.18 Å². The van der Waals surface area contributed by atoms with Gasteiger partial charge >= 0.3 is 0 Å². The molecule has 2 rings (SSSR count). The Bertz CT molecular complexity index is 610. The van der Waals surface area contributed by atoms with Crippen LogP contribution in [-0.2, 0) is 11.0 Å². The predicted octanol–water partition coefficient (Wildman–Crippen LogP) is 1.16. The van der Waals surface area contributed by atoms with Gasteiger partial charge in [-0.2, -0.15) is 8.42 Å². The summed E-state index contributed by atoms with van der Waals surface area (Å²) < 4.78 is 25.5. The monoisotopic (exact) mass is 240 g/mol. The highest BCUT2D eigenvalue weighted by molar-refractivity contribution is 7.67. The molecule has 0 aliphatic heterocycles. The summed E-state index contributed by atoms with van der Waals surface area (Å²) in [5.74, 6) is -0.750. The lowest BCUT2D eigenvalue weighted by Gasteiger charge is -2.07. The Hall–Kier alpha value is -1.95. The number of rotatable bonds is 2. The van der Waals surface area contributed by atoms with Gasteiger partial charge in [0.05, 0.1) is 5.39 Å². The first-order valence-electron chi connectivity index (χ1n) is 4.35. The van der Waals surface area contributed by atoms with Gasteiger partial charge in [0.2, 0.25) is 0 Å². The minimum Gasteiger partial charge on any atom is -0.507 e. The largest absolute Gasteiger partial charge is 0.507 e. The maximum absolute atomic E-state index is 10.5. The molecule has 0 saturated heterocycles. The van der Waals surface area contributed by atoms with Crippen LogP contribution < -0.4 is 4.18 Å². The molecule has 0 bridgehead atoms. The summed E-state index contributed by atoms with van der Waals surface area (Å²) in [6, 6.07) is 7.51. The Morgan fingerprint density at radius 2 is 1.75 bits per heavy atom.